The van der Waals surface area contributed by atoms with Crippen molar-refractivity contribution in [1.82, 2.24) is 9.47 Å². The van der Waals surface area contributed by atoms with Crippen molar-refractivity contribution in [3.05, 3.63) is 29.1 Å². The third kappa shape index (κ3) is 5.99. The Morgan fingerprint density at radius 2 is 1.87 bits per heavy atom. The maximum Gasteiger partial charge on any atom is 0.263 e. The summed E-state index contributed by atoms with van der Waals surface area (Å²) in [5, 5.41) is 0. The Labute approximate surface area is 180 Å². The van der Waals surface area contributed by atoms with E-state index in [1.54, 1.807) is 4.90 Å². The maximum atomic E-state index is 12.4. The molecule has 1 fully saturated rings. The Bertz CT molecular complexity index is 1070. The van der Waals surface area contributed by atoms with Crippen molar-refractivity contribution in [2.45, 2.75) is 32.7 Å². The lowest BCUT2D eigenvalue weighted by Crippen LogP contribution is -2.40. The van der Waals surface area contributed by atoms with Crippen LogP contribution in [0.4, 0.5) is 0 Å². The minimum Gasteiger partial charge on any atom is -0.380 e. The normalized spacial score (nSPS) is 15.6. The molecule has 1 aromatic carbocycles. The number of carbonyl (C=O) groups is 2. The SMILES string of the molecule is CCOCCn1c(=NC(=O)CS(=O)(=O)CC(=O)N2CCCCC2)sc2ccccc21. The zero-order valence-corrected chi connectivity index (χ0v) is 18.7. The zero-order chi connectivity index (χ0) is 21.6. The van der Waals surface area contributed by atoms with E-state index in [9.17, 15) is 18.0 Å². The molecule has 0 N–H and O–H groups in total. The van der Waals surface area contributed by atoms with Gasteiger partial charge in [0.15, 0.2) is 14.6 Å². The molecule has 0 spiro atoms. The first-order valence-electron chi connectivity index (χ1n) is 10.1. The van der Waals surface area contributed by atoms with Crippen LogP contribution >= 0.6 is 11.3 Å². The van der Waals surface area contributed by atoms with Crippen LogP contribution in [0.15, 0.2) is 29.3 Å². The number of piperidine rings is 1. The van der Waals surface area contributed by atoms with Crippen molar-refractivity contribution >= 4 is 43.2 Å². The van der Waals surface area contributed by atoms with Crippen molar-refractivity contribution in [2.24, 2.45) is 4.99 Å². The second-order valence-corrected chi connectivity index (χ2v) is 10.3. The van der Waals surface area contributed by atoms with Gasteiger partial charge in [0.2, 0.25) is 5.91 Å². The fourth-order valence-electron chi connectivity index (χ4n) is 3.42. The minimum atomic E-state index is -3.88. The number of fused-ring (bicyclic) bond motifs is 1. The molecule has 0 radical (unpaired) electrons. The number of rotatable bonds is 8. The number of carbonyl (C=O) groups excluding carboxylic acids is 2. The highest BCUT2D eigenvalue weighted by Crippen LogP contribution is 2.16. The molecule has 0 saturated carbocycles. The van der Waals surface area contributed by atoms with E-state index in [1.165, 1.54) is 11.3 Å². The van der Waals surface area contributed by atoms with Crippen LogP contribution in [0.5, 0.6) is 0 Å². The number of ether oxygens (including phenoxy) is 1. The molecular formula is C20H27N3O5S2. The first kappa shape index (κ1) is 22.6. The number of nitrogens with zero attached hydrogens (tertiary/aromatic N) is 3. The molecule has 164 valence electrons. The largest absolute Gasteiger partial charge is 0.380 e. The molecule has 0 unspecified atom stereocenters. The second kappa shape index (κ2) is 10.3. The highest BCUT2D eigenvalue weighted by molar-refractivity contribution is 7.92. The fraction of sp³-hybridized carbons (Fsp3) is 0.550. The maximum absolute atomic E-state index is 12.4. The second-order valence-electron chi connectivity index (χ2n) is 7.18. The van der Waals surface area contributed by atoms with Crippen LogP contribution in [-0.4, -0.2) is 67.5 Å². The highest BCUT2D eigenvalue weighted by Gasteiger charge is 2.25. The van der Waals surface area contributed by atoms with Crippen LogP contribution in [0, 0.1) is 0 Å². The number of hydrogen-bond acceptors (Lipinski definition) is 6. The standard InChI is InChI=1S/C20H27N3O5S2/c1-2-28-13-12-23-16-8-4-5-9-17(16)29-20(23)21-18(24)14-30(26,27)15-19(25)22-10-6-3-7-11-22/h4-5,8-9H,2-3,6-7,10-15H2,1H3. The average molecular weight is 454 g/mol. The van der Waals surface area contributed by atoms with Gasteiger partial charge in [-0.05, 0) is 38.3 Å². The van der Waals surface area contributed by atoms with Gasteiger partial charge in [0.25, 0.3) is 5.91 Å². The number of aromatic nitrogens is 1. The smallest absolute Gasteiger partial charge is 0.263 e. The number of likely N-dealkylation sites (tertiary alicyclic amines) is 1. The van der Waals surface area contributed by atoms with E-state index in [0.29, 0.717) is 37.6 Å². The van der Waals surface area contributed by atoms with Crippen molar-refractivity contribution in [3.63, 3.8) is 0 Å². The molecule has 2 heterocycles. The lowest BCUT2D eigenvalue weighted by atomic mass is 10.1. The summed E-state index contributed by atoms with van der Waals surface area (Å²) < 4.78 is 33.0. The minimum absolute atomic E-state index is 0.429. The van der Waals surface area contributed by atoms with Crippen LogP contribution in [0.1, 0.15) is 26.2 Å². The Hall–Kier alpha value is -2.04. The fourth-order valence-corrected chi connectivity index (χ4v) is 5.60. The van der Waals surface area contributed by atoms with Crippen molar-refractivity contribution in [2.75, 3.05) is 37.8 Å². The molecule has 1 aromatic heterocycles. The van der Waals surface area contributed by atoms with Gasteiger partial charge in [-0.1, -0.05) is 23.5 Å². The predicted octanol–water partition coefficient (Wildman–Crippen LogP) is 1.59. The van der Waals surface area contributed by atoms with E-state index >= 15 is 0 Å². The summed E-state index contributed by atoms with van der Waals surface area (Å²) in [7, 11) is -3.88. The summed E-state index contributed by atoms with van der Waals surface area (Å²) in [5.74, 6) is -2.62. The first-order chi connectivity index (χ1) is 14.4. The summed E-state index contributed by atoms with van der Waals surface area (Å²) in [6.45, 7) is 4.60. The molecule has 1 aliphatic heterocycles. The van der Waals surface area contributed by atoms with Crippen LogP contribution in [-0.2, 0) is 30.7 Å². The van der Waals surface area contributed by atoms with Crippen molar-refractivity contribution in [1.29, 1.82) is 0 Å². The molecule has 0 bridgehead atoms. The number of sulfone groups is 1. The number of benzene rings is 1. The Kier molecular flexibility index (Phi) is 7.79. The zero-order valence-electron chi connectivity index (χ0n) is 17.1. The van der Waals surface area contributed by atoms with Crippen LogP contribution < -0.4 is 4.80 Å². The monoisotopic (exact) mass is 453 g/mol. The predicted molar refractivity (Wildman–Crippen MR) is 116 cm³/mol. The van der Waals surface area contributed by atoms with Gasteiger partial charge in [-0.25, -0.2) is 8.42 Å². The average Bonchev–Trinajstić information content (AvgIpc) is 3.05. The van der Waals surface area contributed by atoms with Crippen molar-refractivity contribution in [3.8, 4) is 0 Å². The molecule has 0 atom stereocenters. The van der Waals surface area contributed by atoms with Gasteiger partial charge in [-0.3, -0.25) is 9.59 Å². The summed E-state index contributed by atoms with van der Waals surface area (Å²) in [6.07, 6.45) is 2.81. The topological polar surface area (TPSA) is 98.0 Å². The van der Waals surface area contributed by atoms with Crippen molar-refractivity contribution < 1.29 is 22.7 Å². The Balaban J connectivity index is 1.75. The molecule has 0 aliphatic carbocycles. The third-order valence-electron chi connectivity index (χ3n) is 4.87. The van der Waals surface area contributed by atoms with Gasteiger partial charge < -0.3 is 14.2 Å². The molecule has 2 aromatic rings. The molecule has 1 saturated heterocycles. The van der Waals surface area contributed by atoms with E-state index in [0.717, 1.165) is 29.5 Å². The molecule has 1 aliphatic rings. The number of thiazole rings is 1. The van der Waals surface area contributed by atoms with E-state index in [-0.39, 0.29) is 0 Å². The van der Waals surface area contributed by atoms with E-state index < -0.39 is 33.2 Å². The van der Waals surface area contributed by atoms with E-state index in [4.69, 9.17) is 4.74 Å². The third-order valence-corrected chi connectivity index (χ3v) is 7.30. The first-order valence-corrected chi connectivity index (χ1v) is 12.8. The lowest BCUT2D eigenvalue weighted by molar-refractivity contribution is -0.129. The van der Waals surface area contributed by atoms with Crippen LogP contribution in [0.3, 0.4) is 0 Å². The van der Waals surface area contributed by atoms with Gasteiger partial charge >= 0.3 is 0 Å². The molecule has 8 nitrogen and oxygen atoms in total. The molecule has 2 amide bonds. The van der Waals surface area contributed by atoms with E-state index in [2.05, 4.69) is 4.99 Å². The summed E-state index contributed by atoms with van der Waals surface area (Å²) in [5.41, 5.74) is 0.914. The summed E-state index contributed by atoms with van der Waals surface area (Å²) in [4.78, 5) is 30.8. The van der Waals surface area contributed by atoms with Gasteiger partial charge in [0.1, 0.15) is 11.5 Å². The Morgan fingerprint density at radius 1 is 1.13 bits per heavy atom. The van der Waals surface area contributed by atoms with Gasteiger partial charge in [-0.15, -0.1) is 0 Å². The Morgan fingerprint density at radius 3 is 2.60 bits per heavy atom. The van der Waals surface area contributed by atoms with Gasteiger partial charge in [0.05, 0.1) is 16.8 Å². The van der Waals surface area contributed by atoms with Gasteiger partial charge in [0, 0.05) is 26.2 Å². The highest BCUT2D eigenvalue weighted by atomic mass is 32.2. The summed E-state index contributed by atoms with van der Waals surface area (Å²) >= 11 is 1.32. The number of para-hydroxylation sites is 1. The van der Waals surface area contributed by atoms with Gasteiger partial charge in [-0.2, -0.15) is 4.99 Å². The van der Waals surface area contributed by atoms with Crippen LogP contribution in [0.25, 0.3) is 10.2 Å². The number of hydrogen-bond donors (Lipinski definition) is 0. The summed E-state index contributed by atoms with van der Waals surface area (Å²) in [6, 6.07) is 7.65. The molecule has 3 rings (SSSR count). The molecular weight excluding hydrogens is 426 g/mol. The number of amides is 2. The van der Waals surface area contributed by atoms with E-state index in [1.807, 2.05) is 35.8 Å². The quantitative estimate of drug-likeness (QED) is 0.566. The van der Waals surface area contributed by atoms with Crippen LogP contribution in [0.2, 0.25) is 0 Å². The molecule has 10 heteroatoms. The lowest BCUT2D eigenvalue weighted by Gasteiger charge is -2.26. The molecule has 30 heavy (non-hydrogen) atoms.